The maximum atomic E-state index is 13.0. The van der Waals surface area contributed by atoms with Gasteiger partial charge >= 0.3 is 6.18 Å². The summed E-state index contributed by atoms with van der Waals surface area (Å²) >= 11 is 0. The van der Waals surface area contributed by atoms with Gasteiger partial charge in [-0.15, -0.1) is 0 Å². The first-order valence-electron chi connectivity index (χ1n) is 13.0. The Bertz CT molecular complexity index is 1540. The Kier molecular flexibility index (Phi) is 6.24. The third kappa shape index (κ3) is 5.05. The molecule has 5 heterocycles. The Hall–Kier alpha value is -3.67. The van der Waals surface area contributed by atoms with Crippen LogP contribution in [-0.4, -0.2) is 75.8 Å². The van der Waals surface area contributed by atoms with Crippen LogP contribution in [0.5, 0.6) is 5.75 Å². The molecule has 1 unspecified atom stereocenters. The fourth-order valence-corrected chi connectivity index (χ4v) is 6.19. The second-order valence-corrected chi connectivity index (χ2v) is 10.8. The standard InChI is InChI=1S/C27H31F3N8O/c1-17-32-24-21(13-38(35-24)16-27(28,29)30)25(33-17)37-7-5-26(15-37)4-6-36(14-26)12-19-8-18-9-20(11-31-2)34-22(18)10-23(19)39-3/h8-10,13,34H,2,4-7,11-12,14-16H2,1,3H3. The van der Waals surface area contributed by atoms with E-state index in [1.165, 1.54) is 6.20 Å². The number of aromatic amines is 1. The van der Waals surface area contributed by atoms with Crippen LogP contribution in [0.25, 0.3) is 21.9 Å². The molecule has 0 radical (unpaired) electrons. The fraction of sp³-hybridized carbons (Fsp3) is 0.481. The van der Waals surface area contributed by atoms with Crippen molar-refractivity contribution in [1.29, 1.82) is 0 Å². The van der Waals surface area contributed by atoms with Crippen molar-refractivity contribution < 1.29 is 17.9 Å². The van der Waals surface area contributed by atoms with E-state index in [9.17, 15) is 13.2 Å². The van der Waals surface area contributed by atoms with Crippen LogP contribution in [0.1, 0.15) is 29.9 Å². The number of aromatic nitrogens is 5. The second-order valence-electron chi connectivity index (χ2n) is 10.8. The van der Waals surface area contributed by atoms with Gasteiger partial charge in [-0.05, 0) is 45.2 Å². The van der Waals surface area contributed by atoms with Crippen molar-refractivity contribution in [3.63, 3.8) is 0 Å². The number of alkyl halides is 3. The summed E-state index contributed by atoms with van der Waals surface area (Å²) in [7, 11) is 1.70. The summed E-state index contributed by atoms with van der Waals surface area (Å²) < 4.78 is 45.6. The average molecular weight is 541 g/mol. The van der Waals surface area contributed by atoms with Crippen molar-refractivity contribution in [3.8, 4) is 5.75 Å². The molecule has 0 amide bonds. The van der Waals surface area contributed by atoms with Gasteiger partial charge in [0.2, 0.25) is 0 Å². The number of hydrogen-bond acceptors (Lipinski definition) is 7. The zero-order valence-electron chi connectivity index (χ0n) is 22.1. The maximum Gasteiger partial charge on any atom is 0.408 e. The molecule has 3 aromatic heterocycles. The molecule has 12 heteroatoms. The molecule has 206 valence electrons. The SMILES string of the molecule is C=NCc1cc2cc(CN3CCC4(CCN(c5nc(C)nc6nn(CC(F)(F)F)cc56)C4)C3)c(OC)cc2[nH]1. The van der Waals surface area contributed by atoms with Gasteiger partial charge in [-0.25, -0.2) is 9.97 Å². The molecular formula is C27H31F3N8O. The van der Waals surface area contributed by atoms with Crippen LogP contribution in [0.15, 0.2) is 29.4 Å². The Labute approximate surface area is 223 Å². The highest BCUT2D eigenvalue weighted by molar-refractivity contribution is 5.87. The average Bonchev–Trinajstić information content (AvgIpc) is 3.64. The predicted octanol–water partition coefficient (Wildman–Crippen LogP) is 4.49. The number of hydrogen-bond donors (Lipinski definition) is 1. The lowest BCUT2D eigenvalue weighted by molar-refractivity contribution is -0.142. The number of nitrogens with zero attached hydrogens (tertiary/aromatic N) is 7. The zero-order chi connectivity index (χ0) is 27.4. The number of methoxy groups -OCH3 is 1. The molecule has 0 aliphatic carbocycles. The lowest BCUT2D eigenvalue weighted by Crippen LogP contribution is -2.31. The summed E-state index contributed by atoms with van der Waals surface area (Å²) in [5, 5.41) is 5.76. The van der Waals surface area contributed by atoms with E-state index in [1.807, 2.05) is 6.07 Å². The normalized spacial score (nSPS) is 20.2. The molecule has 2 fully saturated rings. The van der Waals surface area contributed by atoms with Crippen LogP contribution < -0.4 is 9.64 Å². The number of benzene rings is 1. The van der Waals surface area contributed by atoms with Crippen molar-refractivity contribution in [3.05, 3.63) is 41.5 Å². The number of anilines is 1. The van der Waals surface area contributed by atoms with E-state index in [0.29, 0.717) is 29.2 Å². The summed E-state index contributed by atoms with van der Waals surface area (Å²) in [4.78, 5) is 20.9. The monoisotopic (exact) mass is 540 g/mol. The van der Waals surface area contributed by atoms with E-state index in [0.717, 1.165) is 78.2 Å². The van der Waals surface area contributed by atoms with Crippen molar-refractivity contribution in [2.75, 3.05) is 38.2 Å². The first-order chi connectivity index (χ1) is 18.6. The van der Waals surface area contributed by atoms with Crippen LogP contribution in [0.3, 0.4) is 0 Å². The maximum absolute atomic E-state index is 13.0. The van der Waals surface area contributed by atoms with Crippen LogP contribution in [0, 0.1) is 12.3 Å². The van der Waals surface area contributed by atoms with Gasteiger partial charge in [0.1, 0.15) is 23.9 Å². The summed E-state index contributed by atoms with van der Waals surface area (Å²) in [6, 6.07) is 6.33. The van der Waals surface area contributed by atoms with Gasteiger partial charge in [-0.1, -0.05) is 0 Å². The minimum absolute atomic E-state index is 0.0986. The van der Waals surface area contributed by atoms with Crippen LogP contribution in [-0.2, 0) is 19.6 Å². The molecule has 1 aromatic carbocycles. The zero-order valence-corrected chi connectivity index (χ0v) is 22.1. The molecule has 1 spiro atoms. The van der Waals surface area contributed by atoms with Gasteiger partial charge in [0.15, 0.2) is 5.65 Å². The molecule has 2 aliphatic heterocycles. The largest absolute Gasteiger partial charge is 0.496 e. The first-order valence-corrected chi connectivity index (χ1v) is 13.0. The Balaban J connectivity index is 1.19. The Morgan fingerprint density at radius 1 is 1.15 bits per heavy atom. The summed E-state index contributed by atoms with van der Waals surface area (Å²) in [6.07, 6.45) is -0.886. The molecule has 2 aliphatic rings. The lowest BCUT2D eigenvalue weighted by Gasteiger charge is -2.26. The highest BCUT2D eigenvalue weighted by Gasteiger charge is 2.44. The smallest absolute Gasteiger partial charge is 0.408 e. The van der Waals surface area contributed by atoms with E-state index in [-0.39, 0.29) is 5.41 Å². The summed E-state index contributed by atoms with van der Waals surface area (Å²) in [5.74, 6) is 2.03. The highest BCUT2D eigenvalue weighted by Crippen LogP contribution is 2.43. The number of aryl methyl sites for hydroxylation is 1. The van der Waals surface area contributed by atoms with E-state index in [4.69, 9.17) is 4.74 Å². The predicted molar refractivity (Wildman–Crippen MR) is 143 cm³/mol. The third-order valence-electron chi connectivity index (χ3n) is 7.87. The van der Waals surface area contributed by atoms with E-state index < -0.39 is 12.7 Å². The number of fused-ring (bicyclic) bond motifs is 2. The highest BCUT2D eigenvalue weighted by atomic mass is 19.4. The first kappa shape index (κ1) is 25.6. The van der Waals surface area contributed by atoms with E-state index >= 15 is 0 Å². The van der Waals surface area contributed by atoms with E-state index in [1.54, 1.807) is 14.0 Å². The number of likely N-dealkylation sites (tertiary alicyclic amines) is 1. The number of rotatable bonds is 7. The number of aliphatic imine (C=N–C) groups is 1. The van der Waals surface area contributed by atoms with Crippen molar-refractivity contribution >= 4 is 34.5 Å². The van der Waals surface area contributed by atoms with Crippen molar-refractivity contribution in [2.24, 2.45) is 10.4 Å². The number of halogens is 3. The van der Waals surface area contributed by atoms with E-state index in [2.05, 4.69) is 53.7 Å². The summed E-state index contributed by atoms with van der Waals surface area (Å²) in [6.45, 7) is 9.00. The molecular weight excluding hydrogens is 509 g/mol. The fourth-order valence-electron chi connectivity index (χ4n) is 6.19. The molecule has 9 nitrogen and oxygen atoms in total. The molecule has 1 N–H and O–H groups in total. The summed E-state index contributed by atoms with van der Waals surface area (Å²) in [5.41, 5.74) is 3.57. The van der Waals surface area contributed by atoms with Crippen LogP contribution in [0.2, 0.25) is 0 Å². The molecule has 39 heavy (non-hydrogen) atoms. The number of ether oxygens (including phenoxy) is 1. The Morgan fingerprint density at radius 3 is 2.74 bits per heavy atom. The van der Waals surface area contributed by atoms with Gasteiger partial charge in [0.05, 0.1) is 19.0 Å². The molecule has 1 atom stereocenters. The molecule has 0 saturated carbocycles. The molecule has 4 aromatic rings. The minimum Gasteiger partial charge on any atom is -0.496 e. The van der Waals surface area contributed by atoms with Gasteiger partial charge < -0.3 is 14.6 Å². The number of H-pyrrole nitrogens is 1. The number of nitrogens with one attached hydrogen (secondary N) is 1. The van der Waals surface area contributed by atoms with Crippen LogP contribution >= 0.6 is 0 Å². The van der Waals surface area contributed by atoms with Crippen LogP contribution in [0.4, 0.5) is 19.0 Å². The molecule has 2 saturated heterocycles. The Morgan fingerprint density at radius 2 is 1.97 bits per heavy atom. The minimum atomic E-state index is -4.35. The molecule has 6 rings (SSSR count). The second kappa shape index (κ2) is 9.51. The van der Waals surface area contributed by atoms with Gasteiger partial charge in [-0.3, -0.25) is 14.6 Å². The third-order valence-corrected chi connectivity index (χ3v) is 7.87. The quantitative estimate of drug-likeness (QED) is 0.348. The van der Waals surface area contributed by atoms with Gasteiger partial charge in [0.25, 0.3) is 0 Å². The topological polar surface area (TPSA) is 87.5 Å². The van der Waals surface area contributed by atoms with Gasteiger partial charge in [0, 0.05) is 66.0 Å². The van der Waals surface area contributed by atoms with Gasteiger partial charge in [-0.2, -0.15) is 18.3 Å². The van der Waals surface area contributed by atoms with Crippen molar-refractivity contribution in [2.45, 2.75) is 45.6 Å². The lowest BCUT2D eigenvalue weighted by atomic mass is 9.86. The molecule has 0 bridgehead atoms. The van der Waals surface area contributed by atoms with Crippen molar-refractivity contribution in [1.82, 2.24) is 29.6 Å².